The topological polar surface area (TPSA) is 0 Å². The van der Waals surface area contributed by atoms with Gasteiger partial charge in [0.1, 0.15) is 0 Å². The van der Waals surface area contributed by atoms with E-state index >= 15 is 0 Å². The molecule has 0 aromatic rings. The van der Waals surface area contributed by atoms with Crippen LogP contribution in [-0.4, -0.2) is 0 Å². The van der Waals surface area contributed by atoms with Gasteiger partial charge in [0.15, 0.2) is 0 Å². The number of rotatable bonds is 2. The Morgan fingerprint density at radius 3 is 1.80 bits per heavy atom. The van der Waals surface area contributed by atoms with Crippen LogP contribution in [0.2, 0.25) is 3.63 Å². The van der Waals surface area contributed by atoms with E-state index in [4.69, 9.17) is 0 Å². The molecule has 3 fully saturated rings. The van der Waals surface area contributed by atoms with Crippen molar-refractivity contribution in [1.82, 2.24) is 0 Å². The number of fused-ring (bicyclic) bond motifs is 8. The third-order valence-electron chi connectivity index (χ3n) is 16.3. The van der Waals surface area contributed by atoms with Gasteiger partial charge in [-0.05, 0) is 0 Å². The first kappa shape index (κ1) is 36.4. The Morgan fingerprint density at radius 1 is 0.717 bits per heavy atom. The van der Waals surface area contributed by atoms with E-state index in [2.05, 4.69) is 136 Å². The van der Waals surface area contributed by atoms with Crippen LogP contribution in [0.3, 0.4) is 0 Å². The molecule has 8 unspecified atom stereocenters. The minimum absolute atomic E-state index is 0. The Kier molecular flexibility index (Phi) is 8.96. The third kappa shape index (κ3) is 3.74. The minimum atomic E-state index is -0.0660. The zero-order valence-electron chi connectivity index (χ0n) is 30.0. The van der Waals surface area contributed by atoms with Gasteiger partial charge in [0.2, 0.25) is 0 Å². The first-order valence-electron chi connectivity index (χ1n) is 17.6. The van der Waals surface area contributed by atoms with Crippen LogP contribution in [0.15, 0.2) is 106 Å². The van der Waals surface area contributed by atoms with Crippen molar-refractivity contribution in [3.63, 3.8) is 0 Å². The summed E-state index contributed by atoms with van der Waals surface area (Å²) in [4.78, 5) is 0. The molecule has 7 aliphatic carbocycles. The zero-order valence-corrected chi connectivity index (χ0v) is 34.0. The van der Waals surface area contributed by atoms with Crippen molar-refractivity contribution in [1.29, 1.82) is 0 Å². The summed E-state index contributed by atoms with van der Waals surface area (Å²) in [7, 11) is 0. The Hall–Kier alpha value is -0.877. The normalized spacial score (nSPS) is 45.5. The first-order chi connectivity index (χ1) is 20.6. The molecule has 46 heavy (non-hydrogen) atoms. The van der Waals surface area contributed by atoms with Crippen LogP contribution >= 0.6 is 0 Å². The summed E-state index contributed by atoms with van der Waals surface area (Å²) >= 11 is 1.66. The molecule has 245 valence electrons. The van der Waals surface area contributed by atoms with Crippen molar-refractivity contribution in [3.8, 4) is 0 Å². The monoisotopic (exact) mass is 731 g/mol. The van der Waals surface area contributed by atoms with E-state index in [0.29, 0.717) is 3.63 Å². The molecular weight excluding hydrogens is 679 g/mol. The summed E-state index contributed by atoms with van der Waals surface area (Å²) in [5, 5.41) is 0. The maximum absolute atomic E-state index is 2.74. The van der Waals surface area contributed by atoms with Crippen molar-refractivity contribution >= 4 is 0 Å². The molecule has 0 radical (unpaired) electrons. The molecule has 0 nitrogen and oxygen atoms in total. The number of halogens is 2. The van der Waals surface area contributed by atoms with Gasteiger partial charge in [0.05, 0.1) is 0 Å². The van der Waals surface area contributed by atoms with E-state index in [1.165, 1.54) is 43.3 Å². The molecule has 0 heterocycles. The predicted octanol–water partition coefficient (Wildman–Crippen LogP) is 6.08. The zero-order chi connectivity index (χ0) is 31.7. The molecular formula is C43H55Cl2Zr. The Labute approximate surface area is 308 Å². The largest absolute Gasteiger partial charge is 1.00 e. The van der Waals surface area contributed by atoms with Gasteiger partial charge in [-0.25, -0.2) is 0 Å². The molecule has 0 aromatic heterocycles. The van der Waals surface area contributed by atoms with Crippen LogP contribution in [0.25, 0.3) is 0 Å². The standard InChI is InChI=1S/C43H55.2ClH.Zr/c1-29(2)35-27-34-28-41(8)39(6)24-15-14-22-37(39,4)38(5)23-16-17-25-40(38,7)43(41,10)42(34,9)30(3)36(35)33-21-20-32(26-33)31-18-12-11-13-19-31;;;/h14-17,20,22-28,31H,11-13,18-19,21H2,1-10H3;2*1H;/q;;;+2/p-2. The van der Waals surface area contributed by atoms with Gasteiger partial charge in [-0.1, -0.05) is 0 Å². The van der Waals surface area contributed by atoms with Crippen LogP contribution in [-0.2, 0) is 24.7 Å². The molecule has 8 atom stereocenters. The maximum Gasteiger partial charge on any atom is -1.00 e. The predicted molar refractivity (Wildman–Crippen MR) is 184 cm³/mol. The fourth-order valence-corrected chi connectivity index (χ4v) is 15.2. The Bertz CT molecular complexity index is 1620. The van der Waals surface area contributed by atoms with Crippen molar-refractivity contribution in [2.75, 3.05) is 0 Å². The van der Waals surface area contributed by atoms with E-state index in [1.54, 1.807) is 52.6 Å². The fraction of sp³-hybridized carbons (Fsp3) is 0.581. The van der Waals surface area contributed by atoms with Crippen LogP contribution in [0.4, 0.5) is 0 Å². The van der Waals surface area contributed by atoms with E-state index in [9.17, 15) is 0 Å². The maximum atomic E-state index is 2.74. The van der Waals surface area contributed by atoms with Crippen molar-refractivity contribution in [2.45, 2.75) is 111 Å². The number of hydrogen-bond acceptors (Lipinski definition) is 0. The molecule has 0 amide bonds. The minimum Gasteiger partial charge on any atom is -1.00 e. The van der Waals surface area contributed by atoms with E-state index < -0.39 is 0 Å². The fourth-order valence-electron chi connectivity index (χ4n) is 12.8. The molecule has 0 spiro atoms. The van der Waals surface area contributed by atoms with E-state index in [0.717, 1.165) is 12.3 Å². The third-order valence-corrected chi connectivity index (χ3v) is 18.5. The smallest absolute Gasteiger partial charge is 1.00 e. The van der Waals surface area contributed by atoms with Gasteiger partial charge in [-0.2, -0.15) is 0 Å². The molecule has 0 bridgehead atoms. The summed E-state index contributed by atoms with van der Waals surface area (Å²) < 4.78 is 0.519. The SMILES string of the molecule is CC(C)=C1C=C2[CH]([Zr+2])C3(C)C4(C)C=CC=CC4(C)C4(C)C=CC=CC4(C)C3(C)C2(C)C(C)=C1C1=CC(C2CCCCC2)=CC1.[Cl-].[Cl-]. The molecule has 7 rings (SSSR count). The van der Waals surface area contributed by atoms with Gasteiger partial charge in [0.25, 0.3) is 0 Å². The molecule has 0 N–H and O–H groups in total. The van der Waals surface area contributed by atoms with Gasteiger partial charge < -0.3 is 24.8 Å². The van der Waals surface area contributed by atoms with E-state index in [-0.39, 0.29) is 62.7 Å². The molecule has 0 saturated heterocycles. The van der Waals surface area contributed by atoms with Crippen LogP contribution in [0, 0.1) is 43.8 Å². The Morgan fingerprint density at radius 2 is 1.24 bits per heavy atom. The van der Waals surface area contributed by atoms with Gasteiger partial charge >= 0.3 is 286 Å². The van der Waals surface area contributed by atoms with Crippen LogP contribution < -0.4 is 24.8 Å². The molecule has 3 heteroatoms. The average Bonchev–Trinajstić information content (AvgIpc) is 3.54. The van der Waals surface area contributed by atoms with Crippen LogP contribution in [0.5, 0.6) is 0 Å². The second-order valence-corrected chi connectivity index (χ2v) is 18.5. The molecule has 0 aromatic carbocycles. The van der Waals surface area contributed by atoms with Crippen molar-refractivity contribution in [2.24, 2.45) is 43.8 Å². The quantitative estimate of drug-likeness (QED) is 0.323. The average molecular weight is 734 g/mol. The van der Waals surface area contributed by atoms with Crippen molar-refractivity contribution < 1.29 is 49.5 Å². The van der Waals surface area contributed by atoms with Gasteiger partial charge in [-0.15, -0.1) is 0 Å². The van der Waals surface area contributed by atoms with Crippen molar-refractivity contribution in [3.05, 3.63) is 106 Å². The van der Waals surface area contributed by atoms with Gasteiger partial charge in [0, 0.05) is 0 Å². The molecule has 7 aliphatic rings. The summed E-state index contributed by atoms with van der Waals surface area (Å²) in [6.07, 6.45) is 36.0. The molecule has 3 saturated carbocycles. The summed E-state index contributed by atoms with van der Waals surface area (Å²) in [5.74, 6) is 0.764. The van der Waals surface area contributed by atoms with Gasteiger partial charge in [-0.3, -0.25) is 0 Å². The summed E-state index contributed by atoms with van der Waals surface area (Å²) in [6, 6.07) is 0. The molecule has 0 aliphatic heterocycles. The number of hydrogen-bond donors (Lipinski definition) is 0. The number of allylic oxidation sites excluding steroid dienone is 18. The first-order valence-corrected chi connectivity index (χ1v) is 19.0. The van der Waals surface area contributed by atoms with Crippen LogP contribution in [0.1, 0.15) is 108 Å². The van der Waals surface area contributed by atoms with E-state index in [1.807, 2.05) is 0 Å². The summed E-state index contributed by atoms with van der Waals surface area (Å²) in [5.41, 5.74) is 10.9. The Balaban J connectivity index is 0.00000208. The summed E-state index contributed by atoms with van der Waals surface area (Å²) in [6.45, 7) is 25.9. The second-order valence-electron chi connectivity index (χ2n) is 17.1. The second kappa shape index (κ2) is 11.3.